The molecule has 0 aromatic rings. The van der Waals surface area contributed by atoms with Crippen LogP contribution >= 0.6 is 0 Å². The monoisotopic (exact) mass is 250 g/mol. The van der Waals surface area contributed by atoms with Gasteiger partial charge in [0.15, 0.2) is 0 Å². The molecule has 0 aromatic heterocycles. The van der Waals surface area contributed by atoms with Crippen molar-refractivity contribution in [1.82, 2.24) is 10.2 Å². The van der Waals surface area contributed by atoms with E-state index in [4.69, 9.17) is 0 Å². The van der Waals surface area contributed by atoms with Crippen molar-refractivity contribution in [3.05, 3.63) is 0 Å². The molecule has 2 atom stereocenters. The van der Waals surface area contributed by atoms with E-state index in [0.717, 1.165) is 24.0 Å². The molecule has 1 saturated carbocycles. The minimum absolute atomic E-state index is 0.842. The van der Waals surface area contributed by atoms with Gasteiger partial charge in [0, 0.05) is 24.7 Å². The summed E-state index contributed by atoms with van der Waals surface area (Å²) < 4.78 is 0. The van der Waals surface area contributed by atoms with Crippen LogP contribution in [-0.2, 0) is 0 Å². The van der Waals surface area contributed by atoms with E-state index in [2.05, 4.69) is 17.1 Å². The van der Waals surface area contributed by atoms with E-state index in [1.807, 2.05) is 0 Å². The molecule has 1 N–H and O–H groups in total. The summed E-state index contributed by atoms with van der Waals surface area (Å²) in [7, 11) is 0. The molecule has 3 fully saturated rings. The summed E-state index contributed by atoms with van der Waals surface area (Å²) in [6, 6.07) is 2.57. The van der Waals surface area contributed by atoms with Gasteiger partial charge in [-0.2, -0.15) is 0 Å². The zero-order valence-electron chi connectivity index (χ0n) is 12.0. The highest BCUT2D eigenvalue weighted by atomic mass is 15.2. The molecule has 2 unspecified atom stereocenters. The zero-order chi connectivity index (χ0) is 12.4. The van der Waals surface area contributed by atoms with Crippen molar-refractivity contribution in [2.45, 2.75) is 82.8 Å². The largest absolute Gasteiger partial charge is 0.311 e. The summed E-state index contributed by atoms with van der Waals surface area (Å²) in [6.07, 6.45) is 13.1. The average Bonchev–Trinajstić information content (AvgIpc) is 2.76. The number of rotatable bonds is 4. The van der Waals surface area contributed by atoms with E-state index in [1.54, 1.807) is 0 Å². The van der Waals surface area contributed by atoms with E-state index in [-0.39, 0.29) is 0 Å². The Morgan fingerprint density at radius 2 is 1.61 bits per heavy atom. The molecule has 2 aliphatic heterocycles. The van der Waals surface area contributed by atoms with Gasteiger partial charge in [-0.15, -0.1) is 0 Å². The predicted molar refractivity (Wildman–Crippen MR) is 76.8 cm³/mol. The van der Waals surface area contributed by atoms with E-state index >= 15 is 0 Å². The molecule has 2 saturated heterocycles. The van der Waals surface area contributed by atoms with Crippen LogP contribution in [0.1, 0.15) is 64.7 Å². The summed E-state index contributed by atoms with van der Waals surface area (Å²) >= 11 is 0. The molecular weight excluding hydrogens is 220 g/mol. The van der Waals surface area contributed by atoms with Gasteiger partial charge in [0.1, 0.15) is 0 Å². The first kappa shape index (κ1) is 12.9. The standard InChI is InChI=1S/C16H30N2/c1-2-18(12-13-6-4-3-5-7-13)16-10-14-8-9-15(11-16)17-14/h13-17H,2-12H2,1H3. The van der Waals surface area contributed by atoms with E-state index < -0.39 is 0 Å². The lowest BCUT2D eigenvalue weighted by Crippen LogP contribution is -2.49. The van der Waals surface area contributed by atoms with Crippen molar-refractivity contribution in [3.63, 3.8) is 0 Å². The van der Waals surface area contributed by atoms with Gasteiger partial charge in [0.25, 0.3) is 0 Å². The molecule has 0 radical (unpaired) electrons. The molecule has 0 amide bonds. The maximum absolute atomic E-state index is 3.78. The molecule has 2 heteroatoms. The summed E-state index contributed by atoms with van der Waals surface area (Å²) in [6.45, 7) is 5.02. The third kappa shape index (κ3) is 2.91. The Kier molecular flexibility index (Phi) is 4.25. The van der Waals surface area contributed by atoms with Crippen molar-refractivity contribution >= 4 is 0 Å². The highest BCUT2D eigenvalue weighted by Gasteiger charge is 2.36. The van der Waals surface area contributed by atoms with E-state index in [0.29, 0.717) is 0 Å². The van der Waals surface area contributed by atoms with Crippen molar-refractivity contribution in [3.8, 4) is 0 Å². The van der Waals surface area contributed by atoms with Crippen LogP contribution in [0.5, 0.6) is 0 Å². The third-order valence-electron chi connectivity index (χ3n) is 5.59. The Morgan fingerprint density at radius 1 is 0.944 bits per heavy atom. The second-order valence-electron chi connectivity index (χ2n) is 6.85. The Bertz CT molecular complexity index is 248. The summed E-state index contributed by atoms with van der Waals surface area (Å²) in [5.74, 6) is 1.01. The van der Waals surface area contributed by atoms with Crippen LogP contribution in [-0.4, -0.2) is 36.1 Å². The van der Waals surface area contributed by atoms with Gasteiger partial charge in [0.2, 0.25) is 0 Å². The van der Waals surface area contributed by atoms with Crippen molar-refractivity contribution in [2.24, 2.45) is 5.92 Å². The fourth-order valence-corrected chi connectivity index (χ4v) is 4.56. The molecule has 3 rings (SSSR count). The van der Waals surface area contributed by atoms with E-state index in [9.17, 15) is 0 Å². The topological polar surface area (TPSA) is 15.3 Å². The number of hydrogen-bond acceptors (Lipinski definition) is 2. The number of fused-ring (bicyclic) bond motifs is 2. The van der Waals surface area contributed by atoms with Gasteiger partial charge in [-0.3, -0.25) is 0 Å². The molecule has 2 bridgehead atoms. The zero-order valence-corrected chi connectivity index (χ0v) is 12.0. The minimum atomic E-state index is 0.842. The van der Waals surface area contributed by atoms with Crippen molar-refractivity contribution in [1.29, 1.82) is 0 Å². The quantitative estimate of drug-likeness (QED) is 0.824. The number of nitrogens with zero attached hydrogens (tertiary/aromatic N) is 1. The molecule has 2 nitrogen and oxygen atoms in total. The Balaban J connectivity index is 1.54. The van der Waals surface area contributed by atoms with Gasteiger partial charge >= 0.3 is 0 Å². The van der Waals surface area contributed by atoms with E-state index in [1.165, 1.54) is 70.9 Å². The summed E-state index contributed by atoms with van der Waals surface area (Å²) in [5, 5.41) is 3.78. The third-order valence-corrected chi connectivity index (χ3v) is 5.59. The highest BCUT2D eigenvalue weighted by Crippen LogP contribution is 2.31. The number of piperidine rings is 1. The number of hydrogen-bond donors (Lipinski definition) is 1. The van der Waals surface area contributed by atoms with Crippen LogP contribution in [0.15, 0.2) is 0 Å². The molecule has 2 heterocycles. The van der Waals surface area contributed by atoms with Crippen LogP contribution in [0.3, 0.4) is 0 Å². The molecule has 18 heavy (non-hydrogen) atoms. The maximum atomic E-state index is 3.78. The first-order chi connectivity index (χ1) is 8.85. The molecule has 0 aromatic carbocycles. The highest BCUT2D eigenvalue weighted by molar-refractivity contribution is 4.95. The van der Waals surface area contributed by atoms with Crippen LogP contribution < -0.4 is 5.32 Å². The fourth-order valence-electron chi connectivity index (χ4n) is 4.56. The average molecular weight is 250 g/mol. The normalized spacial score (nSPS) is 37.3. The summed E-state index contributed by atoms with van der Waals surface area (Å²) in [5.41, 5.74) is 0. The second kappa shape index (κ2) is 5.92. The first-order valence-electron chi connectivity index (χ1n) is 8.35. The Labute approximate surface area is 113 Å². The molecule has 0 spiro atoms. The number of nitrogens with one attached hydrogen (secondary N) is 1. The van der Waals surface area contributed by atoms with Crippen LogP contribution in [0.25, 0.3) is 0 Å². The molecule has 3 aliphatic rings. The van der Waals surface area contributed by atoms with Gasteiger partial charge < -0.3 is 10.2 Å². The molecule has 104 valence electrons. The SMILES string of the molecule is CCN(CC1CCCCC1)C1CC2CCC(C1)N2. The fraction of sp³-hybridized carbons (Fsp3) is 1.00. The lowest BCUT2D eigenvalue weighted by Gasteiger charge is -2.39. The van der Waals surface area contributed by atoms with Crippen LogP contribution in [0.2, 0.25) is 0 Å². The maximum Gasteiger partial charge on any atom is 0.0125 e. The Hall–Kier alpha value is -0.0800. The van der Waals surface area contributed by atoms with Crippen molar-refractivity contribution < 1.29 is 0 Å². The second-order valence-corrected chi connectivity index (χ2v) is 6.85. The van der Waals surface area contributed by atoms with Gasteiger partial charge in [0.05, 0.1) is 0 Å². The molecular formula is C16H30N2. The lowest BCUT2D eigenvalue weighted by atomic mass is 9.88. The van der Waals surface area contributed by atoms with Gasteiger partial charge in [-0.25, -0.2) is 0 Å². The first-order valence-corrected chi connectivity index (χ1v) is 8.35. The molecule has 1 aliphatic carbocycles. The summed E-state index contributed by atoms with van der Waals surface area (Å²) in [4.78, 5) is 2.82. The smallest absolute Gasteiger partial charge is 0.0125 e. The minimum Gasteiger partial charge on any atom is -0.311 e. The van der Waals surface area contributed by atoms with Gasteiger partial charge in [-0.1, -0.05) is 26.2 Å². The predicted octanol–water partition coefficient (Wildman–Crippen LogP) is 3.17. The Morgan fingerprint density at radius 3 is 2.22 bits per heavy atom. The van der Waals surface area contributed by atoms with Crippen molar-refractivity contribution in [2.75, 3.05) is 13.1 Å². The van der Waals surface area contributed by atoms with Crippen LogP contribution in [0.4, 0.5) is 0 Å². The van der Waals surface area contributed by atoms with Gasteiger partial charge in [-0.05, 0) is 51.0 Å². The lowest BCUT2D eigenvalue weighted by molar-refractivity contribution is 0.116. The van der Waals surface area contributed by atoms with Crippen LogP contribution in [0, 0.1) is 5.92 Å².